The highest BCUT2D eigenvalue weighted by atomic mass is 19.3. The summed E-state index contributed by atoms with van der Waals surface area (Å²) in [4.78, 5) is 4.04. The predicted octanol–water partition coefficient (Wildman–Crippen LogP) is 1.42. The Hall–Kier alpha value is -1.85. The zero-order valence-electron chi connectivity index (χ0n) is 9.01. The molecule has 1 aromatic carbocycles. The van der Waals surface area contributed by atoms with Crippen LogP contribution in [0, 0.1) is 0 Å². The van der Waals surface area contributed by atoms with Gasteiger partial charge in [-0.15, -0.1) is 0 Å². The molecule has 0 spiro atoms. The van der Waals surface area contributed by atoms with E-state index in [1.807, 2.05) is 0 Å². The molecular weight excluding hydrogens is 228 g/mol. The van der Waals surface area contributed by atoms with Crippen LogP contribution in [0.2, 0.25) is 0 Å². The number of hydrogen-bond acceptors (Lipinski definition) is 2. The van der Waals surface area contributed by atoms with Crippen LogP contribution in [0.3, 0.4) is 0 Å². The first-order valence-corrected chi connectivity index (χ1v) is 5.20. The lowest BCUT2D eigenvalue weighted by Crippen LogP contribution is -2.23. The molecule has 1 aromatic rings. The normalized spacial score (nSPS) is 22.3. The van der Waals surface area contributed by atoms with Crippen molar-refractivity contribution in [3.05, 3.63) is 29.8 Å². The van der Waals surface area contributed by atoms with Gasteiger partial charge in [0.05, 0.1) is 6.04 Å². The van der Waals surface area contributed by atoms with Gasteiger partial charge in [0.15, 0.2) is 5.96 Å². The average molecular weight is 241 g/mol. The molecule has 1 saturated carbocycles. The molecule has 0 radical (unpaired) electrons. The number of benzene rings is 1. The summed E-state index contributed by atoms with van der Waals surface area (Å²) in [7, 11) is 0. The Bertz CT molecular complexity index is 415. The summed E-state index contributed by atoms with van der Waals surface area (Å²) in [6.07, 6.45) is 0.882. The second-order valence-electron chi connectivity index (χ2n) is 3.91. The summed E-state index contributed by atoms with van der Waals surface area (Å²) in [5.74, 6) is 0.510. The van der Waals surface area contributed by atoms with Gasteiger partial charge in [0, 0.05) is 5.92 Å². The van der Waals surface area contributed by atoms with Gasteiger partial charge >= 0.3 is 6.61 Å². The Kier molecular flexibility index (Phi) is 3.12. The topological polar surface area (TPSA) is 73.6 Å². The van der Waals surface area contributed by atoms with Crippen LogP contribution >= 0.6 is 0 Å². The van der Waals surface area contributed by atoms with E-state index in [0.717, 1.165) is 12.0 Å². The van der Waals surface area contributed by atoms with E-state index in [9.17, 15) is 8.78 Å². The fourth-order valence-electron chi connectivity index (χ4n) is 1.77. The van der Waals surface area contributed by atoms with Gasteiger partial charge in [0.2, 0.25) is 0 Å². The number of ether oxygens (including phenoxy) is 1. The van der Waals surface area contributed by atoms with Crippen molar-refractivity contribution < 1.29 is 13.5 Å². The van der Waals surface area contributed by atoms with Gasteiger partial charge in [0.1, 0.15) is 5.75 Å². The highest BCUT2D eigenvalue weighted by molar-refractivity contribution is 5.76. The third-order valence-corrected chi connectivity index (χ3v) is 2.61. The first-order chi connectivity index (χ1) is 8.06. The second-order valence-corrected chi connectivity index (χ2v) is 3.91. The van der Waals surface area contributed by atoms with E-state index in [-0.39, 0.29) is 23.7 Å². The summed E-state index contributed by atoms with van der Waals surface area (Å²) in [6, 6.07) is 6.66. The number of halogens is 2. The zero-order chi connectivity index (χ0) is 12.4. The number of guanidine groups is 1. The second kappa shape index (κ2) is 4.57. The molecule has 1 aliphatic carbocycles. The highest BCUT2D eigenvalue weighted by Gasteiger charge is 2.38. The third kappa shape index (κ3) is 3.05. The lowest BCUT2D eigenvalue weighted by molar-refractivity contribution is -0.0498. The summed E-state index contributed by atoms with van der Waals surface area (Å²) in [6.45, 7) is -2.80. The molecule has 2 atom stereocenters. The lowest BCUT2D eigenvalue weighted by Gasteiger charge is -2.05. The summed E-state index contributed by atoms with van der Waals surface area (Å²) in [5.41, 5.74) is 11.6. The van der Waals surface area contributed by atoms with E-state index >= 15 is 0 Å². The van der Waals surface area contributed by atoms with Crippen LogP contribution in [0.4, 0.5) is 8.78 Å². The fraction of sp³-hybridized carbons (Fsp3) is 0.364. The lowest BCUT2D eigenvalue weighted by atomic mass is 10.1. The zero-order valence-corrected chi connectivity index (χ0v) is 9.01. The van der Waals surface area contributed by atoms with Crippen LogP contribution in [-0.4, -0.2) is 18.6 Å². The monoisotopic (exact) mass is 241 g/mol. The Morgan fingerprint density at radius 1 is 1.29 bits per heavy atom. The molecule has 0 aromatic heterocycles. The molecule has 0 heterocycles. The molecule has 1 fully saturated rings. The standard InChI is InChI=1S/C11H13F2N3O/c12-10(13)17-7-3-1-6(2-4-7)8-5-9(8)16-11(14)15/h1-4,8-10H,5H2,(H4,14,15,16)/t8-,9+/m0/s1. The van der Waals surface area contributed by atoms with Gasteiger partial charge in [-0.2, -0.15) is 8.78 Å². The van der Waals surface area contributed by atoms with E-state index in [1.54, 1.807) is 12.1 Å². The average Bonchev–Trinajstić information content (AvgIpc) is 2.96. The van der Waals surface area contributed by atoms with E-state index in [2.05, 4.69) is 9.73 Å². The van der Waals surface area contributed by atoms with Crippen molar-refractivity contribution in [2.24, 2.45) is 16.5 Å². The minimum Gasteiger partial charge on any atom is -0.435 e. The number of nitrogens with zero attached hydrogens (tertiary/aromatic N) is 1. The van der Waals surface area contributed by atoms with Gasteiger partial charge in [0.25, 0.3) is 0 Å². The molecule has 0 bridgehead atoms. The Morgan fingerprint density at radius 2 is 1.94 bits per heavy atom. The number of hydrogen-bond donors (Lipinski definition) is 2. The molecule has 17 heavy (non-hydrogen) atoms. The highest BCUT2D eigenvalue weighted by Crippen LogP contribution is 2.43. The van der Waals surface area contributed by atoms with Crippen molar-refractivity contribution in [2.75, 3.05) is 0 Å². The third-order valence-electron chi connectivity index (χ3n) is 2.61. The number of nitrogens with two attached hydrogens (primary N) is 2. The molecule has 4 N–H and O–H groups in total. The maximum atomic E-state index is 11.9. The van der Waals surface area contributed by atoms with Crippen LogP contribution in [0.5, 0.6) is 5.75 Å². The van der Waals surface area contributed by atoms with Crippen molar-refractivity contribution in [1.82, 2.24) is 0 Å². The fourth-order valence-corrected chi connectivity index (χ4v) is 1.77. The Labute approximate surface area is 97.3 Å². The summed E-state index contributed by atoms with van der Waals surface area (Å²) < 4.78 is 28.1. The van der Waals surface area contributed by atoms with Crippen LogP contribution in [0.25, 0.3) is 0 Å². The van der Waals surface area contributed by atoms with Gasteiger partial charge in [-0.05, 0) is 24.1 Å². The minimum absolute atomic E-state index is 0.0788. The van der Waals surface area contributed by atoms with E-state index < -0.39 is 6.61 Å². The first kappa shape index (κ1) is 11.6. The number of rotatable bonds is 4. The molecule has 0 saturated heterocycles. The molecule has 1 aliphatic rings. The summed E-state index contributed by atoms with van der Waals surface area (Å²) in [5, 5.41) is 0. The Morgan fingerprint density at radius 3 is 2.47 bits per heavy atom. The van der Waals surface area contributed by atoms with E-state index in [0.29, 0.717) is 0 Å². The van der Waals surface area contributed by atoms with E-state index in [1.165, 1.54) is 12.1 Å². The molecule has 0 aliphatic heterocycles. The van der Waals surface area contributed by atoms with Gasteiger partial charge in [-0.1, -0.05) is 12.1 Å². The number of aliphatic imine (C=N–C) groups is 1. The van der Waals surface area contributed by atoms with Crippen LogP contribution in [0.15, 0.2) is 29.3 Å². The van der Waals surface area contributed by atoms with Gasteiger partial charge in [-0.3, -0.25) is 0 Å². The van der Waals surface area contributed by atoms with Crippen LogP contribution in [0.1, 0.15) is 17.9 Å². The first-order valence-electron chi connectivity index (χ1n) is 5.20. The smallest absolute Gasteiger partial charge is 0.387 e. The largest absolute Gasteiger partial charge is 0.435 e. The number of alkyl halides is 2. The van der Waals surface area contributed by atoms with Crippen molar-refractivity contribution >= 4 is 5.96 Å². The predicted molar refractivity (Wildman–Crippen MR) is 60.0 cm³/mol. The van der Waals surface area contributed by atoms with Crippen molar-refractivity contribution in [3.8, 4) is 5.75 Å². The summed E-state index contributed by atoms with van der Waals surface area (Å²) >= 11 is 0. The molecule has 0 unspecified atom stereocenters. The molecule has 4 nitrogen and oxygen atoms in total. The molecule has 2 rings (SSSR count). The van der Waals surface area contributed by atoms with E-state index in [4.69, 9.17) is 11.5 Å². The SMILES string of the molecule is NC(N)=N[C@@H]1C[C@H]1c1ccc(OC(F)F)cc1. The quantitative estimate of drug-likeness (QED) is 0.618. The van der Waals surface area contributed by atoms with Crippen molar-refractivity contribution in [1.29, 1.82) is 0 Å². The van der Waals surface area contributed by atoms with Crippen LogP contribution in [-0.2, 0) is 0 Å². The molecule has 6 heteroatoms. The Balaban J connectivity index is 1.98. The molecule has 0 amide bonds. The van der Waals surface area contributed by atoms with Crippen molar-refractivity contribution in [3.63, 3.8) is 0 Å². The molecule has 92 valence electrons. The molecular formula is C11H13F2N3O. The maximum absolute atomic E-state index is 11.9. The van der Waals surface area contributed by atoms with Gasteiger partial charge in [-0.25, -0.2) is 4.99 Å². The minimum atomic E-state index is -2.80. The van der Waals surface area contributed by atoms with Crippen LogP contribution < -0.4 is 16.2 Å². The van der Waals surface area contributed by atoms with Crippen molar-refractivity contribution in [2.45, 2.75) is 25.0 Å². The maximum Gasteiger partial charge on any atom is 0.387 e. The van der Waals surface area contributed by atoms with Gasteiger partial charge < -0.3 is 16.2 Å².